The van der Waals surface area contributed by atoms with Crippen molar-refractivity contribution in [1.82, 2.24) is 4.57 Å². The summed E-state index contributed by atoms with van der Waals surface area (Å²) >= 11 is 0. The van der Waals surface area contributed by atoms with Gasteiger partial charge in [-0.1, -0.05) is 31.2 Å². The maximum absolute atomic E-state index is 12.0. The van der Waals surface area contributed by atoms with Crippen molar-refractivity contribution in [3.63, 3.8) is 0 Å². The van der Waals surface area contributed by atoms with E-state index in [1.54, 1.807) is 7.11 Å². The van der Waals surface area contributed by atoms with Gasteiger partial charge in [-0.05, 0) is 19.4 Å². The number of methoxy groups -OCH3 is 1. The van der Waals surface area contributed by atoms with Gasteiger partial charge in [0.2, 0.25) is 0 Å². The molecule has 0 spiro atoms. The minimum Gasteiger partial charge on any atom is -0.496 e. The SMILES string of the molecule is C=CCn1c(C)c(C(N)=O)c(-c2ccccc2OC)c1CC. The lowest BCUT2D eigenvalue weighted by Gasteiger charge is -2.12. The Balaban J connectivity index is 2.86. The summed E-state index contributed by atoms with van der Waals surface area (Å²) in [5.74, 6) is 0.311. The van der Waals surface area contributed by atoms with Gasteiger partial charge in [-0.25, -0.2) is 0 Å². The summed E-state index contributed by atoms with van der Waals surface area (Å²) in [6.45, 7) is 8.43. The number of nitrogens with zero attached hydrogens (tertiary/aromatic N) is 1. The Hall–Kier alpha value is -2.49. The van der Waals surface area contributed by atoms with E-state index in [4.69, 9.17) is 10.5 Å². The number of rotatable bonds is 6. The van der Waals surface area contributed by atoms with E-state index < -0.39 is 5.91 Å². The molecular weight excluding hydrogens is 276 g/mol. The van der Waals surface area contributed by atoms with E-state index in [0.717, 1.165) is 34.7 Å². The highest BCUT2D eigenvalue weighted by atomic mass is 16.5. The third kappa shape index (κ3) is 2.52. The van der Waals surface area contributed by atoms with E-state index in [1.807, 2.05) is 37.3 Å². The number of allylic oxidation sites excluding steroid dienone is 1. The number of nitrogens with two attached hydrogens (primary N) is 1. The molecule has 0 saturated heterocycles. The molecule has 1 aromatic carbocycles. The van der Waals surface area contributed by atoms with Crippen LogP contribution in [-0.4, -0.2) is 17.6 Å². The van der Waals surface area contributed by atoms with E-state index in [1.165, 1.54) is 0 Å². The average Bonchev–Trinajstić information content (AvgIpc) is 2.80. The standard InChI is InChI=1S/C18H22N2O2/c1-5-11-20-12(3)16(18(19)21)17(14(20)6-2)13-9-7-8-10-15(13)22-4/h5,7-10H,1,6,11H2,2-4H3,(H2,19,21). The number of aromatic nitrogens is 1. The van der Waals surface area contributed by atoms with Crippen molar-refractivity contribution >= 4 is 5.91 Å². The van der Waals surface area contributed by atoms with Gasteiger partial charge < -0.3 is 15.0 Å². The van der Waals surface area contributed by atoms with Crippen LogP contribution in [0.3, 0.4) is 0 Å². The Morgan fingerprint density at radius 2 is 2.09 bits per heavy atom. The van der Waals surface area contributed by atoms with Gasteiger partial charge in [0, 0.05) is 29.1 Å². The van der Waals surface area contributed by atoms with E-state index >= 15 is 0 Å². The predicted molar refractivity (Wildman–Crippen MR) is 89.2 cm³/mol. The number of hydrogen-bond donors (Lipinski definition) is 1. The van der Waals surface area contributed by atoms with Gasteiger partial charge in [0.25, 0.3) is 5.91 Å². The van der Waals surface area contributed by atoms with Crippen LogP contribution in [0.2, 0.25) is 0 Å². The van der Waals surface area contributed by atoms with Gasteiger partial charge >= 0.3 is 0 Å². The molecule has 0 bridgehead atoms. The third-order valence-corrected chi connectivity index (χ3v) is 3.90. The zero-order chi connectivity index (χ0) is 16.3. The third-order valence-electron chi connectivity index (χ3n) is 3.90. The molecule has 4 nitrogen and oxygen atoms in total. The Labute approximate surface area is 131 Å². The number of amides is 1. The zero-order valence-corrected chi connectivity index (χ0v) is 13.3. The zero-order valence-electron chi connectivity index (χ0n) is 13.3. The fraction of sp³-hybridized carbons (Fsp3) is 0.278. The van der Waals surface area contributed by atoms with Gasteiger partial charge in [0.15, 0.2) is 0 Å². The summed E-state index contributed by atoms with van der Waals surface area (Å²) in [6.07, 6.45) is 2.61. The van der Waals surface area contributed by atoms with Crippen molar-refractivity contribution in [3.05, 3.63) is 53.9 Å². The lowest BCUT2D eigenvalue weighted by Crippen LogP contribution is -2.13. The molecule has 4 heteroatoms. The largest absolute Gasteiger partial charge is 0.496 e. The average molecular weight is 298 g/mol. The van der Waals surface area contributed by atoms with Crippen molar-refractivity contribution in [2.75, 3.05) is 7.11 Å². The maximum Gasteiger partial charge on any atom is 0.251 e. The Bertz CT molecular complexity index is 714. The van der Waals surface area contributed by atoms with Gasteiger partial charge in [-0.2, -0.15) is 0 Å². The number of primary amides is 1. The molecule has 1 heterocycles. The molecule has 0 saturated carbocycles. The predicted octanol–water partition coefficient (Wildman–Crippen LogP) is 3.32. The van der Waals surface area contributed by atoms with E-state index in [9.17, 15) is 4.79 Å². The molecule has 0 atom stereocenters. The molecular formula is C18H22N2O2. The van der Waals surface area contributed by atoms with Gasteiger partial charge in [-0.15, -0.1) is 6.58 Å². The van der Waals surface area contributed by atoms with Gasteiger partial charge in [-0.3, -0.25) is 4.79 Å². The lowest BCUT2D eigenvalue weighted by molar-refractivity contribution is 0.1000. The topological polar surface area (TPSA) is 57.2 Å². The van der Waals surface area contributed by atoms with Gasteiger partial charge in [0.1, 0.15) is 5.75 Å². The lowest BCUT2D eigenvalue weighted by atomic mass is 9.98. The second kappa shape index (κ2) is 6.52. The molecule has 22 heavy (non-hydrogen) atoms. The quantitative estimate of drug-likeness (QED) is 0.832. The van der Waals surface area contributed by atoms with Crippen LogP contribution < -0.4 is 10.5 Å². The first kappa shape index (κ1) is 15.9. The van der Waals surface area contributed by atoms with Crippen LogP contribution in [0.15, 0.2) is 36.9 Å². The highest BCUT2D eigenvalue weighted by molar-refractivity contribution is 6.03. The first-order chi connectivity index (χ1) is 10.6. The van der Waals surface area contributed by atoms with Crippen molar-refractivity contribution in [3.8, 4) is 16.9 Å². The van der Waals surface area contributed by atoms with E-state index in [0.29, 0.717) is 12.1 Å². The highest BCUT2D eigenvalue weighted by Crippen LogP contribution is 2.38. The van der Waals surface area contributed by atoms with Gasteiger partial charge in [0.05, 0.1) is 12.7 Å². The van der Waals surface area contributed by atoms with Crippen molar-refractivity contribution in [2.45, 2.75) is 26.8 Å². The summed E-state index contributed by atoms with van der Waals surface area (Å²) in [5.41, 5.74) is 9.91. The second-order valence-electron chi connectivity index (χ2n) is 5.10. The first-order valence-electron chi connectivity index (χ1n) is 7.32. The summed E-state index contributed by atoms with van der Waals surface area (Å²) in [5, 5.41) is 0. The molecule has 0 aliphatic heterocycles. The summed E-state index contributed by atoms with van der Waals surface area (Å²) in [7, 11) is 1.63. The molecule has 0 fully saturated rings. The summed E-state index contributed by atoms with van der Waals surface area (Å²) < 4.78 is 7.55. The molecule has 2 N–H and O–H groups in total. The number of benzene rings is 1. The van der Waals surface area contributed by atoms with E-state index in [-0.39, 0.29) is 0 Å². The first-order valence-corrected chi connectivity index (χ1v) is 7.32. The van der Waals surface area contributed by atoms with Crippen molar-refractivity contribution in [1.29, 1.82) is 0 Å². The Morgan fingerprint density at radius 3 is 2.64 bits per heavy atom. The van der Waals surface area contributed by atoms with Crippen LogP contribution in [0.1, 0.15) is 28.7 Å². The van der Waals surface area contributed by atoms with E-state index in [2.05, 4.69) is 18.1 Å². The summed E-state index contributed by atoms with van der Waals surface area (Å²) in [6, 6.07) is 7.69. The molecule has 0 radical (unpaired) electrons. The molecule has 1 amide bonds. The molecule has 0 unspecified atom stereocenters. The minimum atomic E-state index is -0.420. The van der Waals surface area contributed by atoms with Crippen molar-refractivity contribution in [2.24, 2.45) is 5.73 Å². The minimum absolute atomic E-state index is 0.420. The number of hydrogen-bond acceptors (Lipinski definition) is 2. The Morgan fingerprint density at radius 1 is 1.41 bits per heavy atom. The van der Waals surface area contributed by atoms with Crippen molar-refractivity contribution < 1.29 is 9.53 Å². The molecule has 116 valence electrons. The normalized spacial score (nSPS) is 10.5. The molecule has 2 aromatic rings. The number of para-hydroxylation sites is 1. The monoisotopic (exact) mass is 298 g/mol. The Kier molecular flexibility index (Phi) is 4.71. The van der Waals surface area contributed by atoms with Crippen LogP contribution in [-0.2, 0) is 13.0 Å². The smallest absolute Gasteiger partial charge is 0.251 e. The molecule has 2 rings (SSSR count). The highest BCUT2D eigenvalue weighted by Gasteiger charge is 2.25. The number of carbonyl (C=O) groups is 1. The maximum atomic E-state index is 12.0. The van der Waals surface area contributed by atoms with Crippen LogP contribution in [0.4, 0.5) is 0 Å². The van der Waals surface area contributed by atoms with Crippen LogP contribution in [0, 0.1) is 6.92 Å². The van der Waals surface area contributed by atoms with Crippen LogP contribution >= 0.6 is 0 Å². The second-order valence-corrected chi connectivity index (χ2v) is 5.10. The number of carbonyl (C=O) groups excluding carboxylic acids is 1. The fourth-order valence-electron chi connectivity index (χ4n) is 2.98. The fourth-order valence-corrected chi connectivity index (χ4v) is 2.98. The molecule has 0 aliphatic rings. The molecule has 0 aliphatic carbocycles. The molecule has 1 aromatic heterocycles. The van der Waals surface area contributed by atoms with Crippen LogP contribution in [0.5, 0.6) is 5.75 Å². The number of ether oxygens (including phenoxy) is 1. The summed E-state index contributed by atoms with van der Waals surface area (Å²) in [4.78, 5) is 12.0. The van der Waals surface area contributed by atoms with Crippen LogP contribution in [0.25, 0.3) is 11.1 Å².